The average molecular weight is 341 g/mol. The fraction of sp³-hybridized carbons (Fsp3) is 0.143. The van der Waals surface area contributed by atoms with Crippen molar-refractivity contribution < 1.29 is 13.2 Å². The van der Waals surface area contributed by atoms with Gasteiger partial charge in [0.2, 0.25) is 0 Å². The molecule has 1 aromatic carbocycles. The molecule has 0 bridgehead atoms. The number of hydrogen-bond acceptors (Lipinski definition) is 4. The molecule has 0 aliphatic rings. The second-order valence-corrected chi connectivity index (χ2v) is 6.48. The van der Waals surface area contributed by atoms with Gasteiger partial charge in [0, 0.05) is 22.2 Å². The molecule has 0 aliphatic heterocycles. The molecule has 0 fully saturated rings. The highest BCUT2D eigenvalue weighted by atomic mass is 32.2. The fourth-order valence-corrected chi connectivity index (χ4v) is 3.31. The molecule has 0 saturated carbocycles. The van der Waals surface area contributed by atoms with Crippen molar-refractivity contribution in [2.24, 2.45) is 0 Å². The lowest BCUT2D eigenvalue weighted by molar-refractivity contribution is -0.0330. The van der Waals surface area contributed by atoms with Crippen molar-refractivity contribution in [3.63, 3.8) is 0 Å². The van der Waals surface area contributed by atoms with Gasteiger partial charge in [0.25, 0.3) is 0 Å². The summed E-state index contributed by atoms with van der Waals surface area (Å²) in [6.45, 7) is 0.274. The van der Waals surface area contributed by atoms with E-state index in [1.165, 1.54) is 16.0 Å². The first-order valence-electron chi connectivity index (χ1n) is 6.30. The minimum atomic E-state index is -4.39. The van der Waals surface area contributed by atoms with Gasteiger partial charge in [-0.25, -0.2) is 4.68 Å². The van der Waals surface area contributed by atoms with Crippen LogP contribution in [-0.4, -0.2) is 20.5 Å². The fourth-order valence-electron chi connectivity index (χ4n) is 1.95. The van der Waals surface area contributed by atoms with Gasteiger partial charge in [-0.2, -0.15) is 13.2 Å². The summed E-state index contributed by atoms with van der Waals surface area (Å²) >= 11 is 1.29. The van der Waals surface area contributed by atoms with E-state index < -0.39 is 5.51 Å². The van der Waals surface area contributed by atoms with E-state index >= 15 is 0 Å². The number of thiophene rings is 1. The van der Waals surface area contributed by atoms with E-state index in [9.17, 15) is 13.2 Å². The van der Waals surface area contributed by atoms with E-state index in [2.05, 4.69) is 10.3 Å². The molecule has 0 atom stereocenters. The van der Waals surface area contributed by atoms with E-state index in [4.69, 9.17) is 0 Å². The summed E-state index contributed by atoms with van der Waals surface area (Å²) in [5.74, 6) is 0. The normalized spacial score (nSPS) is 11.8. The van der Waals surface area contributed by atoms with Crippen molar-refractivity contribution in [1.29, 1.82) is 0 Å². The van der Waals surface area contributed by atoms with Crippen LogP contribution in [0.15, 0.2) is 52.9 Å². The Labute approximate surface area is 132 Å². The maximum Gasteiger partial charge on any atom is 0.447 e. The number of hydrogen-bond donors (Lipinski definition) is 0. The summed E-state index contributed by atoms with van der Waals surface area (Å²) in [5.41, 5.74) is -3.52. The number of benzene rings is 1. The Bertz CT molecular complexity index is 737. The first-order valence-corrected chi connectivity index (χ1v) is 7.99. The zero-order valence-corrected chi connectivity index (χ0v) is 12.8. The molecule has 114 valence electrons. The molecule has 0 saturated heterocycles. The summed E-state index contributed by atoms with van der Waals surface area (Å²) < 4.78 is 39.9. The zero-order valence-electron chi connectivity index (χ0n) is 11.1. The molecule has 2 aromatic heterocycles. The Kier molecular flexibility index (Phi) is 4.21. The Morgan fingerprint density at radius 3 is 2.50 bits per heavy atom. The number of halogens is 3. The summed E-state index contributed by atoms with van der Waals surface area (Å²) in [4.78, 5) is 0.925. The predicted octanol–water partition coefficient (Wildman–Crippen LogP) is 4.67. The highest BCUT2D eigenvalue weighted by Crippen LogP contribution is 2.41. The molecule has 2 heterocycles. The quantitative estimate of drug-likeness (QED) is 0.646. The Hall–Kier alpha value is -1.80. The van der Waals surface area contributed by atoms with Crippen molar-refractivity contribution in [1.82, 2.24) is 15.0 Å². The van der Waals surface area contributed by atoms with Crippen LogP contribution in [0.5, 0.6) is 0 Å². The second-order valence-electron chi connectivity index (χ2n) is 4.39. The molecule has 0 spiro atoms. The van der Waals surface area contributed by atoms with Crippen molar-refractivity contribution >= 4 is 23.1 Å². The van der Waals surface area contributed by atoms with Crippen LogP contribution in [0.1, 0.15) is 4.88 Å². The van der Waals surface area contributed by atoms with Crippen molar-refractivity contribution in [3.05, 3.63) is 52.7 Å². The number of rotatable bonds is 4. The van der Waals surface area contributed by atoms with E-state index in [-0.39, 0.29) is 29.0 Å². The topological polar surface area (TPSA) is 30.7 Å². The highest BCUT2D eigenvalue weighted by Gasteiger charge is 2.33. The smallest absolute Gasteiger partial charge is 0.233 e. The van der Waals surface area contributed by atoms with E-state index in [0.717, 1.165) is 4.88 Å². The molecule has 3 nitrogen and oxygen atoms in total. The third kappa shape index (κ3) is 3.50. The minimum Gasteiger partial charge on any atom is -0.233 e. The lowest BCUT2D eigenvalue weighted by Crippen LogP contribution is -2.07. The van der Waals surface area contributed by atoms with Crippen LogP contribution in [0.25, 0.3) is 11.3 Å². The molecular formula is C14H10F3N3S2. The summed E-state index contributed by atoms with van der Waals surface area (Å²) in [5, 5.41) is 9.73. The summed E-state index contributed by atoms with van der Waals surface area (Å²) in [7, 11) is 0. The lowest BCUT2D eigenvalue weighted by Gasteiger charge is -2.09. The van der Waals surface area contributed by atoms with Gasteiger partial charge in [0.05, 0.1) is 6.54 Å². The number of alkyl halides is 3. The molecule has 3 aromatic rings. The highest BCUT2D eigenvalue weighted by molar-refractivity contribution is 8.00. The Morgan fingerprint density at radius 2 is 1.86 bits per heavy atom. The number of aromatic nitrogens is 3. The Morgan fingerprint density at radius 1 is 1.09 bits per heavy atom. The van der Waals surface area contributed by atoms with E-state index in [1.807, 2.05) is 17.5 Å². The number of nitrogens with zero attached hydrogens (tertiary/aromatic N) is 3. The van der Waals surface area contributed by atoms with Crippen LogP contribution >= 0.6 is 23.1 Å². The Balaban J connectivity index is 2.01. The van der Waals surface area contributed by atoms with Crippen molar-refractivity contribution in [3.8, 4) is 11.3 Å². The first kappa shape index (κ1) is 15.1. The molecule has 0 unspecified atom stereocenters. The molecule has 0 amide bonds. The van der Waals surface area contributed by atoms with Gasteiger partial charge < -0.3 is 0 Å². The largest absolute Gasteiger partial charge is 0.447 e. The van der Waals surface area contributed by atoms with Gasteiger partial charge in [-0.1, -0.05) is 41.6 Å². The van der Waals surface area contributed by atoms with Gasteiger partial charge in [-0.05, 0) is 11.4 Å². The van der Waals surface area contributed by atoms with Gasteiger partial charge in [0.1, 0.15) is 10.7 Å². The molecular weight excluding hydrogens is 331 g/mol. The van der Waals surface area contributed by atoms with Crippen LogP contribution in [-0.2, 0) is 6.54 Å². The van der Waals surface area contributed by atoms with Gasteiger partial charge in [0.15, 0.2) is 0 Å². The monoisotopic (exact) mass is 341 g/mol. The maximum atomic E-state index is 12.9. The molecule has 0 N–H and O–H groups in total. The first-order chi connectivity index (χ1) is 10.5. The third-order valence-corrected chi connectivity index (χ3v) is 4.53. The molecule has 0 radical (unpaired) electrons. The average Bonchev–Trinajstić information content (AvgIpc) is 3.10. The molecule has 3 rings (SSSR count). The second kappa shape index (κ2) is 6.13. The molecule has 0 aliphatic carbocycles. The van der Waals surface area contributed by atoms with Crippen LogP contribution < -0.4 is 0 Å². The van der Waals surface area contributed by atoms with Crippen LogP contribution in [0, 0.1) is 0 Å². The van der Waals surface area contributed by atoms with Crippen molar-refractivity contribution in [2.75, 3.05) is 0 Å². The van der Waals surface area contributed by atoms with Crippen molar-refractivity contribution in [2.45, 2.75) is 17.1 Å². The van der Waals surface area contributed by atoms with Crippen LogP contribution in [0.4, 0.5) is 13.2 Å². The SMILES string of the molecule is FC(F)(F)Sc1c(-c2ccccc2)nnn1Cc1cccs1. The standard InChI is InChI=1S/C14H10F3N3S2/c15-14(16,17)22-13-12(10-5-2-1-3-6-10)18-19-20(13)9-11-7-4-8-21-11/h1-8H,9H2. The number of thioether (sulfide) groups is 1. The summed E-state index contributed by atoms with van der Waals surface area (Å²) in [6.07, 6.45) is 0. The minimum absolute atomic E-state index is 0.00657. The van der Waals surface area contributed by atoms with E-state index in [1.54, 1.807) is 30.3 Å². The predicted molar refractivity (Wildman–Crippen MR) is 80.8 cm³/mol. The lowest BCUT2D eigenvalue weighted by atomic mass is 10.2. The summed E-state index contributed by atoms with van der Waals surface area (Å²) in [6, 6.07) is 12.5. The van der Waals surface area contributed by atoms with E-state index in [0.29, 0.717) is 5.56 Å². The van der Waals surface area contributed by atoms with Gasteiger partial charge >= 0.3 is 5.51 Å². The zero-order chi connectivity index (χ0) is 15.6. The maximum absolute atomic E-state index is 12.9. The van der Waals surface area contributed by atoms with Crippen LogP contribution in [0.3, 0.4) is 0 Å². The van der Waals surface area contributed by atoms with Crippen LogP contribution in [0.2, 0.25) is 0 Å². The molecule has 8 heteroatoms. The molecule has 22 heavy (non-hydrogen) atoms. The van der Waals surface area contributed by atoms with Gasteiger partial charge in [-0.3, -0.25) is 0 Å². The third-order valence-electron chi connectivity index (χ3n) is 2.84. The van der Waals surface area contributed by atoms with Gasteiger partial charge in [-0.15, -0.1) is 16.4 Å².